The molecule has 0 atom stereocenters. The Balaban J connectivity index is 1.88. The lowest BCUT2D eigenvalue weighted by Gasteiger charge is -2.06. The summed E-state index contributed by atoms with van der Waals surface area (Å²) in [6, 6.07) is 0. The first-order valence-electron chi connectivity index (χ1n) is 13.3. The van der Waals surface area contributed by atoms with Gasteiger partial charge in [-0.2, -0.15) is 0 Å². The van der Waals surface area contributed by atoms with Crippen molar-refractivity contribution < 1.29 is 9.59 Å². The first-order chi connectivity index (χ1) is 17.8. The molecule has 0 spiro atoms. The van der Waals surface area contributed by atoms with E-state index in [2.05, 4.69) is 62.6 Å². The highest BCUT2D eigenvalue weighted by molar-refractivity contribution is 6.16. The van der Waals surface area contributed by atoms with Gasteiger partial charge in [-0.3, -0.25) is 9.59 Å². The van der Waals surface area contributed by atoms with Crippen molar-refractivity contribution in [2.75, 3.05) is 0 Å². The van der Waals surface area contributed by atoms with Crippen LogP contribution in [0, 0.1) is 20.8 Å². The third kappa shape index (κ3) is 4.18. The molecule has 0 unspecified atom stereocenters. The molecule has 4 heterocycles. The molecule has 0 radical (unpaired) electrons. The Labute approximate surface area is 219 Å². The van der Waals surface area contributed by atoms with E-state index in [9.17, 15) is 9.59 Å². The van der Waals surface area contributed by atoms with Crippen LogP contribution in [-0.2, 0) is 19.3 Å². The minimum Gasteiger partial charge on any atom is -0.353 e. The van der Waals surface area contributed by atoms with Crippen LogP contribution in [0.3, 0.4) is 0 Å². The molecule has 0 aliphatic carbocycles. The van der Waals surface area contributed by atoms with Crippen LogP contribution in [0.1, 0.15) is 107 Å². The zero-order chi connectivity index (χ0) is 27.0. The highest BCUT2D eigenvalue weighted by atomic mass is 16.1. The van der Waals surface area contributed by atoms with Crippen molar-refractivity contribution in [3.05, 3.63) is 73.0 Å². The molecule has 0 saturated carbocycles. The maximum atomic E-state index is 11.6. The molecular weight excluding hydrogens is 460 g/mol. The van der Waals surface area contributed by atoms with E-state index in [1.807, 2.05) is 13.8 Å². The summed E-state index contributed by atoms with van der Waals surface area (Å²) in [6.45, 7) is 16.8. The zero-order valence-corrected chi connectivity index (χ0v) is 23.3. The predicted molar refractivity (Wildman–Crippen MR) is 152 cm³/mol. The fourth-order valence-electron chi connectivity index (χ4n) is 5.85. The Kier molecular flexibility index (Phi) is 7.39. The summed E-state index contributed by atoms with van der Waals surface area (Å²) >= 11 is 0. The Morgan fingerprint density at radius 1 is 0.622 bits per heavy atom. The fraction of sp³-hybridized carbons (Fsp3) is 0.387. The Hall–Kier alpha value is -3.67. The molecule has 0 saturated heterocycles. The topological polar surface area (TPSA) is 93.9 Å². The number of aromatic nitrogens is 3. The van der Waals surface area contributed by atoms with Gasteiger partial charge >= 0.3 is 0 Å². The highest BCUT2D eigenvalue weighted by Crippen LogP contribution is 2.37. The number of hydrogen-bond acceptors (Lipinski definition) is 3. The van der Waals surface area contributed by atoms with Crippen molar-refractivity contribution in [2.24, 2.45) is 4.99 Å². The molecule has 1 aliphatic heterocycles. The number of aromatic amines is 3. The van der Waals surface area contributed by atoms with E-state index in [0.717, 1.165) is 94.7 Å². The van der Waals surface area contributed by atoms with Crippen molar-refractivity contribution in [1.29, 1.82) is 0 Å². The van der Waals surface area contributed by atoms with Gasteiger partial charge in [0.2, 0.25) is 0 Å². The second kappa shape index (κ2) is 10.4. The second-order valence-electron chi connectivity index (χ2n) is 9.80. The molecule has 3 N–H and O–H groups in total. The maximum absolute atomic E-state index is 11.6. The third-order valence-corrected chi connectivity index (χ3v) is 8.02. The SMILES string of the molecule is CCC1=C(C)/C(=C/c2[nH]c(-c3[nH]c(C=O)c(C)c3CC)c(C)c2CC)N=C1c1[nH]c(C=O)c(C)c1CC. The van der Waals surface area contributed by atoms with Crippen molar-refractivity contribution in [2.45, 2.75) is 81.1 Å². The number of nitrogens with one attached hydrogen (secondary N) is 3. The van der Waals surface area contributed by atoms with Gasteiger partial charge in [-0.25, -0.2) is 4.99 Å². The molecule has 6 heteroatoms. The summed E-state index contributed by atoms with van der Waals surface area (Å²) in [5.74, 6) is 0. The Morgan fingerprint density at radius 2 is 1.14 bits per heavy atom. The average molecular weight is 499 g/mol. The summed E-state index contributed by atoms with van der Waals surface area (Å²) in [5.41, 5.74) is 16.3. The molecular formula is C31H38N4O2. The van der Waals surface area contributed by atoms with Crippen LogP contribution in [0.4, 0.5) is 0 Å². The highest BCUT2D eigenvalue weighted by Gasteiger charge is 2.27. The lowest BCUT2D eigenvalue weighted by molar-refractivity contribution is 0.111. The van der Waals surface area contributed by atoms with Crippen LogP contribution < -0.4 is 0 Å². The summed E-state index contributed by atoms with van der Waals surface area (Å²) in [6.07, 6.45) is 7.35. The largest absolute Gasteiger partial charge is 0.353 e. The standard InChI is InChI=1S/C31H38N4O2/c1-9-20-19(8)28(29-22(11-3)17(6)26(14-36)34-29)33-25(20)13-24-16(5)21(10-2)30(32-24)31-23(12-4)18(7)27(15-37)35-31/h13-15,33-35H,9-12H2,1-8H3/b24-13-. The fourth-order valence-corrected chi connectivity index (χ4v) is 5.85. The summed E-state index contributed by atoms with van der Waals surface area (Å²) < 4.78 is 0. The molecule has 37 heavy (non-hydrogen) atoms. The molecule has 1 aliphatic rings. The van der Waals surface area contributed by atoms with E-state index in [0.29, 0.717) is 11.4 Å². The number of hydrogen-bond donors (Lipinski definition) is 3. The molecule has 0 fully saturated rings. The van der Waals surface area contributed by atoms with Crippen molar-refractivity contribution in [1.82, 2.24) is 15.0 Å². The van der Waals surface area contributed by atoms with E-state index in [1.54, 1.807) is 0 Å². The molecule has 3 aromatic rings. The van der Waals surface area contributed by atoms with E-state index in [-0.39, 0.29) is 0 Å². The normalized spacial score (nSPS) is 14.7. The van der Waals surface area contributed by atoms with Gasteiger partial charge in [-0.15, -0.1) is 0 Å². The van der Waals surface area contributed by atoms with Crippen molar-refractivity contribution in [3.63, 3.8) is 0 Å². The Bertz CT molecular complexity index is 1480. The monoisotopic (exact) mass is 498 g/mol. The first-order valence-corrected chi connectivity index (χ1v) is 13.3. The van der Waals surface area contributed by atoms with Crippen LogP contribution in [0.2, 0.25) is 0 Å². The Morgan fingerprint density at radius 3 is 1.65 bits per heavy atom. The van der Waals surface area contributed by atoms with Crippen LogP contribution in [0.25, 0.3) is 17.5 Å². The molecule has 4 rings (SSSR count). The van der Waals surface area contributed by atoms with Gasteiger partial charge in [0, 0.05) is 5.69 Å². The molecule has 6 nitrogen and oxygen atoms in total. The molecule has 194 valence electrons. The summed E-state index contributed by atoms with van der Waals surface area (Å²) in [5, 5.41) is 0. The summed E-state index contributed by atoms with van der Waals surface area (Å²) in [4.78, 5) is 38.7. The molecule has 0 bridgehead atoms. The predicted octanol–water partition coefficient (Wildman–Crippen LogP) is 7.15. The van der Waals surface area contributed by atoms with Crippen LogP contribution in [0.5, 0.6) is 0 Å². The van der Waals surface area contributed by atoms with Gasteiger partial charge in [0.15, 0.2) is 12.6 Å². The maximum Gasteiger partial charge on any atom is 0.166 e. The number of carbonyl (C=O) groups is 2. The quantitative estimate of drug-likeness (QED) is 0.273. The van der Waals surface area contributed by atoms with Gasteiger partial charge in [-0.1, -0.05) is 27.7 Å². The number of H-pyrrole nitrogens is 3. The number of aliphatic imine (C=N–C) groups is 1. The first kappa shape index (κ1) is 26.4. The number of aldehydes is 2. The number of carbonyl (C=O) groups excluding carboxylic acids is 2. The number of allylic oxidation sites excluding steroid dienone is 2. The number of rotatable bonds is 9. The third-order valence-electron chi connectivity index (χ3n) is 8.02. The molecule has 0 amide bonds. The van der Waals surface area contributed by atoms with Gasteiger partial charge in [0.05, 0.1) is 39.9 Å². The lowest BCUT2D eigenvalue weighted by Crippen LogP contribution is -2.06. The van der Waals surface area contributed by atoms with Crippen LogP contribution >= 0.6 is 0 Å². The molecule has 0 aromatic carbocycles. The van der Waals surface area contributed by atoms with E-state index in [4.69, 9.17) is 4.99 Å². The van der Waals surface area contributed by atoms with Crippen molar-refractivity contribution >= 4 is 24.4 Å². The van der Waals surface area contributed by atoms with E-state index in [1.165, 1.54) is 22.3 Å². The van der Waals surface area contributed by atoms with Gasteiger partial charge in [0.25, 0.3) is 0 Å². The van der Waals surface area contributed by atoms with Crippen molar-refractivity contribution in [3.8, 4) is 11.4 Å². The van der Waals surface area contributed by atoms with Gasteiger partial charge in [-0.05, 0) is 104 Å². The minimum absolute atomic E-state index is 0.626. The van der Waals surface area contributed by atoms with Crippen LogP contribution in [0.15, 0.2) is 21.8 Å². The minimum atomic E-state index is 0.626. The average Bonchev–Trinajstić information content (AvgIpc) is 3.59. The van der Waals surface area contributed by atoms with Crippen LogP contribution in [-0.4, -0.2) is 33.2 Å². The smallest absolute Gasteiger partial charge is 0.166 e. The zero-order valence-electron chi connectivity index (χ0n) is 23.3. The lowest BCUT2D eigenvalue weighted by atomic mass is 9.97. The van der Waals surface area contributed by atoms with E-state index < -0.39 is 0 Å². The molecule has 3 aromatic heterocycles. The van der Waals surface area contributed by atoms with Gasteiger partial charge < -0.3 is 15.0 Å². The summed E-state index contributed by atoms with van der Waals surface area (Å²) in [7, 11) is 0. The van der Waals surface area contributed by atoms with E-state index >= 15 is 0 Å². The van der Waals surface area contributed by atoms with Gasteiger partial charge in [0.1, 0.15) is 0 Å². The second-order valence-corrected chi connectivity index (χ2v) is 9.80. The number of nitrogens with zero attached hydrogens (tertiary/aromatic N) is 1.